The van der Waals surface area contributed by atoms with Crippen LogP contribution in [0.25, 0.3) is 6.08 Å². The first-order chi connectivity index (χ1) is 15.0. The van der Waals surface area contributed by atoms with Gasteiger partial charge < -0.3 is 4.90 Å². The molecule has 1 aliphatic rings. The number of thioether (sulfide) groups is 1. The van der Waals surface area contributed by atoms with Crippen molar-refractivity contribution in [3.63, 3.8) is 0 Å². The summed E-state index contributed by atoms with van der Waals surface area (Å²) in [4.78, 5) is 38.6. The van der Waals surface area contributed by atoms with Crippen LogP contribution in [0.15, 0.2) is 65.6 Å². The molecule has 31 heavy (non-hydrogen) atoms. The summed E-state index contributed by atoms with van der Waals surface area (Å²) in [6.45, 7) is 0.959. The van der Waals surface area contributed by atoms with Gasteiger partial charge in [-0.2, -0.15) is 0 Å². The zero-order valence-corrected chi connectivity index (χ0v) is 17.7. The van der Waals surface area contributed by atoms with Crippen LogP contribution >= 0.6 is 11.8 Å². The minimum absolute atomic E-state index is 0.0120. The van der Waals surface area contributed by atoms with E-state index < -0.39 is 5.91 Å². The summed E-state index contributed by atoms with van der Waals surface area (Å²) in [5.74, 6) is -1.45. The Bertz CT molecular complexity index is 944. The van der Waals surface area contributed by atoms with Gasteiger partial charge in [-0.05, 0) is 36.6 Å². The predicted molar refractivity (Wildman–Crippen MR) is 118 cm³/mol. The first kappa shape index (κ1) is 22.6. The second kappa shape index (κ2) is 11.3. The summed E-state index contributed by atoms with van der Waals surface area (Å²) in [6.07, 6.45) is 4.37. The van der Waals surface area contributed by atoms with E-state index >= 15 is 0 Å². The number of nitrogens with one attached hydrogen (secondary N) is 2. The number of hydrogen-bond acceptors (Lipinski definition) is 4. The lowest BCUT2D eigenvalue weighted by atomic mass is 9.96. The van der Waals surface area contributed by atoms with Crippen LogP contribution in [-0.2, 0) is 14.4 Å². The van der Waals surface area contributed by atoms with E-state index in [9.17, 15) is 18.8 Å². The molecule has 0 aromatic heterocycles. The van der Waals surface area contributed by atoms with E-state index in [1.165, 1.54) is 6.07 Å². The summed E-state index contributed by atoms with van der Waals surface area (Å²) in [6, 6.07) is 15.8. The van der Waals surface area contributed by atoms with Gasteiger partial charge in [-0.25, -0.2) is 4.39 Å². The van der Waals surface area contributed by atoms with Crippen molar-refractivity contribution in [2.75, 3.05) is 18.8 Å². The van der Waals surface area contributed by atoms with Crippen LogP contribution < -0.4 is 10.9 Å². The second-order valence-electron chi connectivity index (χ2n) is 7.10. The fourth-order valence-corrected chi connectivity index (χ4v) is 3.91. The molecule has 6 nitrogen and oxygen atoms in total. The smallest absolute Gasteiger partial charge is 0.248 e. The molecule has 3 rings (SSSR count). The molecule has 0 saturated carbocycles. The van der Waals surface area contributed by atoms with Crippen LogP contribution in [0.1, 0.15) is 18.4 Å². The molecular weight excluding hydrogens is 417 g/mol. The number of amides is 3. The Kier molecular flexibility index (Phi) is 8.23. The molecule has 0 radical (unpaired) electrons. The van der Waals surface area contributed by atoms with Crippen molar-refractivity contribution in [2.45, 2.75) is 17.7 Å². The number of nitrogens with zero attached hydrogens (tertiary/aromatic N) is 1. The molecule has 8 heteroatoms. The molecule has 162 valence electrons. The number of likely N-dealkylation sites (tertiary alicyclic amines) is 1. The second-order valence-corrected chi connectivity index (χ2v) is 8.12. The van der Waals surface area contributed by atoms with Crippen LogP contribution in [0.4, 0.5) is 4.39 Å². The summed E-state index contributed by atoms with van der Waals surface area (Å²) < 4.78 is 13.6. The molecule has 0 bridgehead atoms. The standard InChI is InChI=1S/C23H24FN3O3S/c24-19-8-4-5-9-20(19)31-16-21(28)25-26-23(30)18-12-14-27(15-13-18)22(29)11-10-17-6-2-1-3-7-17/h1-11,18H,12-16H2,(H,25,28)(H,26,30)/b11-10+. The first-order valence-corrected chi connectivity index (χ1v) is 11.0. The third-order valence-corrected chi connectivity index (χ3v) is 5.96. The van der Waals surface area contributed by atoms with Crippen LogP contribution in [0, 0.1) is 11.7 Å². The number of carbonyl (C=O) groups is 3. The monoisotopic (exact) mass is 441 g/mol. The van der Waals surface area contributed by atoms with E-state index in [-0.39, 0.29) is 29.3 Å². The van der Waals surface area contributed by atoms with Crippen LogP contribution in [0.2, 0.25) is 0 Å². The lowest BCUT2D eigenvalue weighted by molar-refractivity contribution is -0.134. The maximum atomic E-state index is 13.6. The Balaban J connectivity index is 1.37. The van der Waals surface area contributed by atoms with Gasteiger partial charge >= 0.3 is 0 Å². The zero-order chi connectivity index (χ0) is 22.1. The fraction of sp³-hybridized carbons (Fsp3) is 0.261. The third kappa shape index (κ3) is 6.96. The van der Waals surface area contributed by atoms with Gasteiger partial charge in [0.15, 0.2) is 0 Å². The molecule has 1 heterocycles. The summed E-state index contributed by atoms with van der Waals surface area (Å²) in [5.41, 5.74) is 5.75. The van der Waals surface area contributed by atoms with Gasteiger partial charge in [-0.3, -0.25) is 25.2 Å². The number of carbonyl (C=O) groups excluding carboxylic acids is 3. The maximum absolute atomic E-state index is 13.6. The minimum Gasteiger partial charge on any atom is -0.339 e. The van der Waals surface area contributed by atoms with Gasteiger partial charge in [0.2, 0.25) is 17.7 Å². The Morgan fingerprint density at radius 2 is 1.68 bits per heavy atom. The third-order valence-electron chi connectivity index (χ3n) is 4.92. The number of benzene rings is 2. The summed E-state index contributed by atoms with van der Waals surface area (Å²) in [7, 11) is 0. The molecule has 0 atom stereocenters. The molecule has 3 amide bonds. The average Bonchev–Trinajstić information content (AvgIpc) is 2.81. The quantitative estimate of drug-likeness (QED) is 0.410. The van der Waals surface area contributed by atoms with Crippen LogP contribution in [0.5, 0.6) is 0 Å². The molecular formula is C23H24FN3O3S. The van der Waals surface area contributed by atoms with Crippen LogP contribution in [-0.4, -0.2) is 41.5 Å². The molecule has 2 N–H and O–H groups in total. The van der Waals surface area contributed by atoms with E-state index in [1.54, 1.807) is 35.3 Å². The largest absolute Gasteiger partial charge is 0.339 e. The Morgan fingerprint density at radius 3 is 2.39 bits per heavy atom. The molecule has 0 spiro atoms. The van der Waals surface area contributed by atoms with E-state index in [1.807, 2.05) is 30.3 Å². The molecule has 0 aliphatic carbocycles. The predicted octanol–water partition coefficient (Wildman–Crippen LogP) is 3.02. The lowest BCUT2D eigenvalue weighted by Gasteiger charge is -2.30. The number of hydrogen-bond donors (Lipinski definition) is 2. The average molecular weight is 442 g/mol. The van der Waals surface area contributed by atoms with Crippen molar-refractivity contribution >= 4 is 35.6 Å². The number of rotatable bonds is 6. The Hall–Kier alpha value is -3.13. The number of halogens is 1. The van der Waals surface area contributed by atoms with Crippen molar-refractivity contribution in [1.29, 1.82) is 0 Å². The topological polar surface area (TPSA) is 78.5 Å². The maximum Gasteiger partial charge on any atom is 0.248 e. The SMILES string of the molecule is O=C(CSc1ccccc1F)NNC(=O)C1CCN(C(=O)/C=C/c2ccccc2)CC1. The Labute approximate surface area is 184 Å². The van der Waals surface area contributed by atoms with E-state index in [2.05, 4.69) is 10.9 Å². The number of piperidine rings is 1. The zero-order valence-electron chi connectivity index (χ0n) is 16.9. The van der Waals surface area contributed by atoms with Gasteiger partial charge in [0.05, 0.1) is 5.75 Å². The highest BCUT2D eigenvalue weighted by molar-refractivity contribution is 8.00. The first-order valence-electron chi connectivity index (χ1n) is 10.0. The van der Waals surface area contributed by atoms with Crippen molar-refractivity contribution in [1.82, 2.24) is 15.8 Å². The highest BCUT2D eigenvalue weighted by Crippen LogP contribution is 2.21. The Morgan fingerprint density at radius 1 is 1.00 bits per heavy atom. The van der Waals surface area contributed by atoms with Crippen molar-refractivity contribution in [3.05, 3.63) is 72.1 Å². The molecule has 2 aromatic carbocycles. The number of hydrazine groups is 1. The van der Waals surface area contributed by atoms with Gasteiger partial charge in [-0.15, -0.1) is 11.8 Å². The van der Waals surface area contributed by atoms with E-state index in [0.29, 0.717) is 30.8 Å². The molecule has 1 saturated heterocycles. The van der Waals surface area contributed by atoms with Crippen molar-refractivity contribution in [2.24, 2.45) is 5.92 Å². The van der Waals surface area contributed by atoms with Gasteiger partial charge in [-0.1, -0.05) is 42.5 Å². The summed E-state index contributed by atoms with van der Waals surface area (Å²) >= 11 is 1.06. The molecule has 1 aliphatic heterocycles. The molecule has 1 fully saturated rings. The van der Waals surface area contributed by atoms with Crippen molar-refractivity contribution in [3.8, 4) is 0 Å². The van der Waals surface area contributed by atoms with Gasteiger partial charge in [0.1, 0.15) is 5.82 Å². The minimum atomic E-state index is -0.416. The van der Waals surface area contributed by atoms with E-state index in [4.69, 9.17) is 0 Å². The van der Waals surface area contributed by atoms with Crippen LogP contribution in [0.3, 0.4) is 0 Å². The highest BCUT2D eigenvalue weighted by atomic mass is 32.2. The van der Waals surface area contributed by atoms with Crippen molar-refractivity contribution < 1.29 is 18.8 Å². The molecule has 2 aromatic rings. The summed E-state index contributed by atoms with van der Waals surface area (Å²) in [5, 5.41) is 0. The lowest BCUT2D eigenvalue weighted by Crippen LogP contribution is -2.48. The van der Waals surface area contributed by atoms with Gasteiger partial charge in [0.25, 0.3) is 0 Å². The van der Waals surface area contributed by atoms with E-state index in [0.717, 1.165) is 17.3 Å². The van der Waals surface area contributed by atoms with Gasteiger partial charge in [0, 0.05) is 30.0 Å². The highest BCUT2D eigenvalue weighted by Gasteiger charge is 2.26. The molecule has 0 unspecified atom stereocenters. The normalized spacial score (nSPS) is 14.4. The fourth-order valence-electron chi connectivity index (χ4n) is 3.17.